The average Bonchev–Trinajstić information content (AvgIpc) is 3.45. The van der Waals surface area contributed by atoms with Gasteiger partial charge in [-0.3, -0.25) is 4.79 Å². The molecule has 0 saturated heterocycles. The van der Waals surface area contributed by atoms with Gasteiger partial charge in [0.2, 0.25) is 0 Å². The maximum absolute atomic E-state index is 12.0. The van der Waals surface area contributed by atoms with Gasteiger partial charge in [-0.1, -0.05) is 23.8 Å². The topological polar surface area (TPSA) is 59.6 Å². The smallest absolute Gasteiger partial charge is 0.262 e. The number of hydrogen-bond acceptors (Lipinski definition) is 4. The monoisotopic (exact) mass is 376 g/mol. The summed E-state index contributed by atoms with van der Waals surface area (Å²) in [7, 11) is 1.60. The summed E-state index contributed by atoms with van der Waals surface area (Å²) in [5.41, 5.74) is 3.04. The first kappa shape index (κ1) is 20.1. The minimum Gasteiger partial charge on any atom is -0.493 e. The highest BCUT2D eigenvalue weighted by atomic mass is 35.5. The number of amides is 1. The molecule has 1 saturated carbocycles. The Bertz CT molecular complexity index is 730. The Kier molecular flexibility index (Phi) is 7.30. The lowest BCUT2D eigenvalue weighted by Gasteiger charge is -2.13. The van der Waals surface area contributed by atoms with Crippen molar-refractivity contribution in [3.05, 3.63) is 53.6 Å². The molecule has 0 bridgehead atoms. The summed E-state index contributed by atoms with van der Waals surface area (Å²) in [4.78, 5) is 12.0. The van der Waals surface area contributed by atoms with Gasteiger partial charge in [-0.15, -0.1) is 12.4 Å². The van der Waals surface area contributed by atoms with Crippen molar-refractivity contribution < 1.29 is 14.3 Å². The molecule has 140 valence electrons. The molecular weight excluding hydrogens is 352 g/mol. The molecule has 0 spiro atoms. The van der Waals surface area contributed by atoms with E-state index in [0.717, 1.165) is 23.4 Å². The number of aryl methyl sites for hydroxylation is 1. The lowest BCUT2D eigenvalue weighted by atomic mass is 10.2. The summed E-state index contributed by atoms with van der Waals surface area (Å²) in [6.07, 6.45) is 2.52. The van der Waals surface area contributed by atoms with Crippen LogP contribution >= 0.6 is 12.4 Å². The van der Waals surface area contributed by atoms with Crippen LogP contribution in [0.5, 0.6) is 11.5 Å². The summed E-state index contributed by atoms with van der Waals surface area (Å²) in [6.45, 7) is 2.75. The van der Waals surface area contributed by atoms with Crippen LogP contribution < -0.4 is 20.1 Å². The Morgan fingerprint density at radius 2 is 1.85 bits per heavy atom. The normalized spacial score (nSPS) is 12.8. The number of ether oxygens (including phenoxy) is 2. The first-order valence-corrected chi connectivity index (χ1v) is 8.53. The molecule has 2 aromatic rings. The number of nitrogens with one attached hydrogen (secondary N) is 2. The molecule has 1 fully saturated rings. The lowest BCUT2D eigenvalue weighted by molar-refractivity contribution is -0.118. The van der Waals surface area contributed by atoms with Crippen molar-refractivity contribution in [3.63, 3.8) is 0 Å². The van der Waals surface area contributed by atoms with Crippen molar-refractivity contribution in [2.24, 2.45) is 0 Å². The summed E-state index contributed by atoms with van der Waals surface area (Å²) < 4.78 is 11.0. The second-order valence-electron chi connectivity index (χ2n) is 6.34. The van der Waals surface area contributed by atoms with Gasteiger partial charge in [0.05, 0.1) is 7.11 Å². The minimum absolute atomic E-state index is 0. The maximum atomic E-state index is 12.0. The van der Waals surface area contributed by atoms with Gasteiger partial charge in [0, 0.05) is 18.3 Å². The summed E-state index contributed by atoms with van der Waals surface area (Å²) in [5.74, 6) is 1.00. The molecule has 0 unspecified atom stereocenters. The van der Waals surface area contributed by atoms with Crippen LogP contribution in [0.1, 0.15) is 24.0 Å². The van der Waals surface area contributed by atoms with Crippen LogP contribution in [-0.4, -0.2) is 25.7 Å². The van der Waals surface area contributed by atoms with Crippen LogP contribution in [-0.2, 0) is 11.3 Å². The van der Waals surface area contributed by atoms with Gasteiger partial charge in [0.25, 0.3) is 5.91 Å². The predicted octanol–water partition coefficient (Wildman–Crippen LogP) is 3.69. The first-order valence-electron chi connectivity index (χ1n) is 8.53. The Balaban J connectivity index is 0.00000243. The average molecular weight is 377 g/mol. The van der Waals surface area contributed by atoms with E-state index in [9.17, 15) is 4.79 Å². The molecule has 0 radical (unpaired) electrons. The number of benzene rings is 2. The zero-order valence-corrected chi connectivity index (χ0v) is 15.9. The molecule has 1 aliphatic rings. The number of anilines is 1. The zero-order valence-electron chi connectivity index (χ0n) is 15.1. The molecule has 0 aliphatic heterocycles. The molecule has 3 rings (SSSR count). The molecular formula is C20H25ClN2O3. The third-order valence-electron chi connectivity index (χ3n) is 4.09. The van der Waals surface area contributed by atoms with Crippen molar-refractivity contribution in [1.29, 1.82) is 0 Å². The van der Waals surface area contributed by atoms with E-state index in [0.29, 0.717) is 17.5 Å². The van der Waals surface area contributed by atoms with Crippen molar-refractivity contribution >= 4 is 24.0 Å². The van der Waals surface area contributed by atoms with Crippen molar-refractivity contribution in [2.75, 3.05) is 19.0 Å². The van der Waals surface area contributed by atoms with Gasteiger partial charge in [0.15, 0.2) is 18.1 Å². The Labute approximate surface area is 160 Å². The second-order valence-corrected chi connectivity index (χ2v) is 6.34. The van der Waals surface area contributed by atoms with Gasteiger partial charge < -0.3 is 20.1 Å². The van der Waals surface area contributed by atoms with Crippen LogP contribution in [0.15, 0.2) is 42.5 Å². The lowest BCUT2D eigenvalue weighted by Crippen LogP contribution is -2.20. The molecule has 6 heteroatoms. The number of halogens is 1. The van der Waals surface area contributed by atoms with E-state index >= 15 is 0 Å². The fourth-order valence-corrected chi connectivity index (χ4v) is 2.47. The van der Waals surface area contributed by atoms with Gasteiger partial charge in [-0.2, -0.15) is 0 Å². The van der Waals surface area contributed by atoms with E-state index in [1.165, 1.54) is 12.8 Å². The van der Waals surface area contributed by atoms with E-state index in [4.69, 9.17) is 9.47 Å². The number of carbonyl (C=O) groups excluding carboxylic acids is 1. The molecule has 2 N–H and O–H groups in total. The number of rotatable bonds is 8. The molecule has 0 aromatic heterocycles. The highest BCUT2D eigenvalue weighted by Gasteiger charge is 2.20. The van der Waals surface area contributed by atoms with Crippen molar-refractivity contribution in [2.45, 2.75) is 32.4 Å². The first-order chi connectivity index (χ1) is 12.1. The van der Waals surface area contributed by atoms with Gasteiger partial charge >= 0.3 is 0 Å². The molecule has 5 nitrogen and oxygen atoms in total. The fraction of sp³-hybridized carbons (Fsp3) is 0.350. The predicted molar refractivity (Wildman–Crippen MR) is 105 cm³/mol. The largest absolute Gasteiger partial charge is 0.493 e. The Morgan fingerprint density at radius 1 is 1.12 bits per heavy atom. The Hall–Kier alpha value is -2.24. The van der Waals surface area contributed by atoms with Crippen LogP contribution in [0.3, 0.4) is 0 Å². The van der Waals surface area contributed by atoms with E-state index < -0.39 is 0 Å². The zero-order chi connectivity index (χ0) is 17.6. The van der Waals surface area contributed by atoms with Gasteiger partial charge in [-0.25, -0.2) is 0 Å². The minimum atomic E-state index is -0.203. The maximum Gasteiger partial charge on any atom is 0.262 e. The molecule has 0 heterocycles. The number of hydrogen-bond donors (Lipinski definition) is 2. The third kappa shape index (κ3) is 5.93. The van der Waals surface area contributed by atoms with Crippen molar-refractivity contribution in [3.8, 4) is 11.5 Å². The Morgan fingerprint density at radius 3 is 2.50 bits per heavy atom. The number of carbonyl (C=O) groups is 1. The quantitative estimate of drug-likeness (QED) is 0.737. The molecule has 1 aliphatic carbocycles. The van der Waals surface area contributed by atoms with E-state index in [-0.39, 0.29) is 24.9 Å². The number of methoxy groups -OCH3 is 1. The third-order valence-corrected chi connectivity index (χ3v) is 4.09. The SMILES string of the molecule is COc1cc(CNC2CC2)ccc1OCC(=O)Nc1ccc(C)cc1.Cl. The van der Waals surface area contributed by atoms with E-state index in [2.05, 4.69) is 10.6 Å². The van der Waals surface area contributed by atoms with Crippen LogP contribution in [0, 0.1) is 6.92 Å². The summed E-state index contributed by atoms with van der Waals surface area (Å²) >= 11 is 0. The highest BCUT2D eigenvalue weighted by molar-refractivity contribution is 5.91. The van der Waals surface area contributed by atoms with Crippen LogP contribution in [0.4, 0.5) is 5.69 Å². The van der Waals surface area contributed by atoms with Gasteiger partial charge in [0.1, 0.15) is 0 Å². The summed E-state index contributed by atoms with van der Waals surface area (Å²) in [6, 6.07) is 14.1. The van der Waals surface area contributed by atoms with Crippen LogP contribution in [0.2, 0.25) is 0 Å². The molecule has 1 amide bonds. The van der Waals surface area contributed by atoms with Crippen molar-refractivity contribution in [1.82, 2.24) is 5.32 Å². The van der Waals surface area contributed by atoms with E-state index in [1.54, 1.807) is 7.11 Å². The molecule has 26 heavy (non-hydrogen) atoms. The van der Waals surface area contributed by atoms with Crippen LogP contribution in [0.25, 0.3) is 0 Å². The molecule has 2 aromatic carbocycles. The fourth-order valence-electron chi connectivity index (χ4n) is 2.47. The standard InChI is InChI=1S/C20H24N2O3.ClH/c1-14-3-6-17(7-4-14)22-20(23)13-25-18-10-5-15(11-19(18)24-2)12-21-16-8-9-16;/h3-7,10-11,16,21H,8-9,12-13H2,1-2H3,(H,22,23);1H. The summed E-state index contributed by atoms with van der Waals surface area (Å²) in [5, 5.41) is 6.28. The highest BCUT2D eigenvalue weighted by Crippen LogP contribution is 2.28. The van der Waals surface area contributed by atoms with E-state index in [1.807, 2.05) is 49.4 Å². The molecule has 0 atom stereocenters. The van der Waals surface area contributed by atoms with Gasteiger partial charge in [-0.05, 0) is 49.6 Å². The second kappa shape index (κ2) is 9.46.